The number of halogens is 1. The molecule has 1 aliphatic heterocycles. The van der Waals surface area contributed by atoms with Crippen LogP contribution < -0.4 is 15.0 Å². The van der Waals surface area contributed by atoms with Crippen molar-refractivity contribution in [3.05, 3.63) is 112 Å². The molecule has 0 bridgehead atoms. The number of benzene rings is 4. The summed E-state index contributed by atoms with van der Waals surface area (Å²) in [5.41, 5.74) is 3.10. The normalized spacial score (nSPS) is 13.5. The Morgan fingerprint density at radius 2 is 1.58 bits per heavy atom. The number of imide groups is 1. The molecule has 5 rings (SSSR count). The van der Waals surface area contributed by atoms with Gasteiger partial charge in [-0.15, -0.1) is 0 Å². The topological polar surface area (TPSA) is 75.7 Å². The second-order valence-electron chi connectivity index (χ2n) is 8.49. The fourth-order valence-corrected chi connectivity index (χ4v) is 4.38. The van der Waals surface area contributed by atoms with Crippen LogP contribution >= 0.6 is 11.6 Å². The number of hydrogen-bond donors (Lipinski definition) is 1. The molecule has 36 heavy (non-hydrogen) atoms. The van der Waals surface area contributed by atoms with Crippen molar-refractivity contribution in [2.75, 3.05) is 10.2 Å². The van der Waals surface area contributed by atoms with E-state index >= 15 is 0 Å². The summed E-state index contributed by atoms with van der Waals surface area (Å²) in [6, 6.07) is 25.0. The first-order chi connectivity index (χ1) is 17.3. The van der Waals surface area contributed by atoms with Crippen molar-refractivity contribution in [1.82, 2.24) is 0 Å². The van der Waals surface area contributed by atoms with Crippen molar-refractivity contribution >= 4 is 51.5 Å². The lowest BCUT2D eigenvalue weighted by molar-refractivity contribution is -0.120. The molecule has 0 fully saturated rings. The van der Waals surface area contributed by atoms with Crippen molar-refractivity contribution in [2.24, 2.45) is 0 Å². The molecule has 0 radical (unpaired) electrons. The number of nitrogens with one attached hydrogen (secondary N) is 1. The molecule has 4 aromatic carbocycles. The minimum atomic E-state index is -0.591. The summed E-state index contributed by atoms with van der Waals surface area (Å²) in [6.07, 6.45) is 0. The van der Waals surface area contributed by atoms with E-state index in [9.17, 15) is 14.4 Å². The maximum Gasteiger partial charge on any atom is 0.343 e. The summed E-state index contributed by atoms with van der Waals surface area (Å²) in [5.74, 6) is -1.18. The van der Waals surface area contributed by atoms with Crippen LogP contribution in [0.4, 0.5) is 11.4 Å². The van der Waals surface area contributed by atoms with Crippen LogP contribution in [0.5, 0.6) is 5.75 Å². The van der Waals surface area contributed by atoms with Crippen molar-refractivity contribution in [3.63, 3.8) is 0 Å². The number of carbonyl (C=O) groups is 3. The van der Waals surface area contributed by atoms with Crippen molar-refractivity contribution < 1.29 is 19.1 Å². The Labute approximate surface area is 212 Å². The lowest BCUT2D eigenvalue weighted by atomic mass is 10.1. The van der Waals surface area contributed by atoms with Gasteiger partial charge in [0.05, 0.1) is 11.3 Å². The van der Waals surface area contributed by atoms with E-state index in [4.69, 9.17) is 16.3 Å². The molecule has 0 unspecified atom stereocenters. The van der Waals surface area contributed by atoms with Gasteiger partial charge >= 0.3 is 5.97 Å². The van der Waals surface area contributed by atoms with E-state index < -0.39 is 17.8 Å². The Morgan fingerprint density at radius 1 is 0.861 bits per heavy atom. The van der Waals surface area contributed by atoms with Gasteiger partial charge in [-0.2, -0.15) is 0 Å². The summed E-state index contributed by atoms with van der Waals surface area (Å²) in [4.78, 5) is 39.7. The number of esters is 1. The second-order valence-corrected chi connectivity index (χ2v) is 8.87. The van der Waals surface area contributed by atoms with E-state index in [0.29, 0.717) is 22.7 Å². The number of rotatable bonds is 5. The first-order valence-electron chi connectivity index (χ1n) is 11.3. The number of nitrogens with zero attached hydrogens (tertiary/aromatic N) is 1. The number of amides is 2. The zero-order chi connectivity index (χ0) is 25.4. The van der Waals surface area contributed by atoms with Crippen LogP contribution in [0.2, 0.25) is 0 Å². The highest BCUT2D eigenvalue weighted by Gasteiger charge is 2.39. The molecule has 0 aromatic heterocycles. The fourth-order valence-electron chi connectivity index (χ4n) is 4.16. The lowest BCUT2D eigenvalue weighted by Gasteiger charge is -2.18. The minimum absolute atomic E-state index is 0.0206. The summed E-state index contributed by atoms with van der Waals surface area (Å²) < 4.78 is 5.62. The molecule has 1 N–H and O–H groups in total. The Hall–Kier alpha value is -4.42. The van der Waals surface area contributed by atoms with E-state index in [-0.39, 0.29) is 10.7 Å². The maximum absolute atomic E-state index is 13.1. The molecule has 0 atom stereocenters. The van der Waals surface area contributed by atoms with Gasteiger partial charge in [0.25, 0.3) is 11.8 Å². The highest BCUT2D eigenvalue weighted by molar-refractivity contribution is 6.53. The Morgan fingerprint density at radius 3 is 2.33 bits per heavy atom. The SMILES string of the molecule is Cc1ccc(N2C(=O)C(Cl)=C(Nc3ccc(C(=O)Oc4cccc5ccccc45)cc3)C2=O)c(C)c1. The van der Waals surface area contributed by atoms with Gasteiger partial charge in [-0.1, -0.05) is 65.7 Å². The van der Waals surface area contributed by atoms with Crippen LogP contribution in [0.1, 0.15) is 21.5 Å². The third-order valence-electron chi connectivity index (χ3n) is 5.96. The standard InChI is InChI=1S/C29H21ClN2O4/c1-17-10-15-23(18(2)16-17)32-27(33)25(30)26(28(32)34)31-21-13-11-20(12-14-21)29(35)36-24-9-5-7-19-6-3-4-8-22(19)24/h3-16,31H,1-2H3. The Kier molecular flexibility index (Phi) is 6.04. The molecule has 6 nitrogen and oxygen atoms in total. The Balaban J connectivity index is 1.33. The van der Waals surface area contributed by atoms with Crippen LogP contribution in [-0.2, 0) is 9.59 Å². The van der Waals surface area contributed by atoms with Crippen LogP contribution in [0, 0.1) is 13.8 Å². The van der Waals surface area contributed by atoms with Gasteiger partial charge in [0, 0.05) is 11.1 Å². The fraction of sp³-hybridized carbons (Fsp3) is 0.0690. The van der Waals surface area contributed by atoms with Gasteiger partial charge in [-0.25, -0.2) is 9.69 Å². The monoisotopic (exact) mass is 496 g/mol. The largest absolute Gasteiger partial charge is 0.422 e. The molecule has 178 valence electrons. The highest BCUT2D eigenvalue weighted by atomic mass is 35.5. The van der Waals surface area contributed by atoms with Crippen molar-refractivity contribution in [3.8, 4) is 5.75 Å². The molecule has 4 aromatic rings. The molecule has 7 heteroatoms. The first kappa shape index (κ1) is 23.3. The Bertz CT molecular complexity index is 1570. The first-order valence-corrected chi connectivity index (χ1v) is 11.6. The third kappa shape index (κ3) is 4.23. The average molecular weight is 497 g/mol. The summed E-state index contributed by atoms with van der Waals surface area (Å²) in [5, 5.41) is 4.54. The average Bonchev–Trinajstić information content (AvgIpc) is 3.08. The summed E-state index contributed by atoms with van der Waals surface area (Å²) in [7, 11) is 0. The lowest BCUT2D eigenvalue weighted by Crippen LogP contribution is -2.32. The predicted octanol–water partition coefficient (Wildman–Crippen LogP) is 6.11. The molecule has 0 saturated heterocycles. The number of hydrogen-bond acceptors (Lipinski definition) is 5. The van der Waals surface area contributed by atoms with E-state index in [2.05, 4.69) is 5.32 Å². The van der Waals surface area contributed by atoms with Gasteiger partial charge in [0.15, 0.2) is 0 Å². The van der Waals surface area contributed by atoms with Crippen molar-refractivity contribution in [2.45, 2.75) is 13.8 Å². The van der Waals surface area contributed by atoms with E-state index in [1.165, 1.54) is 0 Å². The zero-order valence-corrected chi connectivity index (χ0v) is 20.3. The number of fused-ring (bicyclic) bond motifs is 1. The maximum atomic E-state index is 13.1. The van der Waals surface area contributed by atoms with E-state index in [1.807, 2.05) is 62.4 Å². The number of ether oxygens (including phenoxy) is 1. The van der Waals surface area contributed by atoms with Gasteiger partial charge in [0.2, 0.25) is 0 Å². The second kappa shape index (κ2) is 9.32. The van der Waals surface area contributed by atoms with E-state index in [1.54, 1.807) is 36.4 Å². The van der Waals surface area contributed by atoms with Gasteiger partial charge < -0.3 is 10.1 Å². The number of carbonyl (C=O) groups excluding carboxylic acids is 3. The molecular weight excluding hydrogens is 476 g/mol. The molecular formula is C29H21ClN2O4. The van der Waals surface area contributed by atoms with Crippen LogP contribution in [0.15, 0.2) is 95.7 Å². The molecule has 1 heterocycles. The number of aryl methyl sites for hydroxylation is 2. The number of anilines is 2. The summed E-state index contributed by atoms with van der Waals surface area (Å²) in [6.45, 7) is 3.77. The van der Waals surface area contributed by atoms with Crippen LogP contribution in [0.25, 0.3) is 10.8 Å². The van der Waals surface area contributed by atoms with Crippen molar-refractivity contribution in [1.29, 1.82) is 0 Å². The zero-order valence-electron chi connectivity index (χ0n) is 19.5. The van der Waals surface area contributed by atoms with Gasteiger partial charge in [-0.05, 0) is 61.2 Å². The van der Waals surface area contributed by atoms with E-state index in [0.717, 1.165) is 26.8 Å². The summed E-state index contributed by atoms with van der Waals surface area (Å²) >= 11 is 6.25. The molecule has 0 saturated carbocycles. The van der Waals surface area contributed by atoms with Crippen LogP contribution in [0.3, 0.4) is 0 Å². The molecule has 1 aliphatic rings. The molecule has 2 amide bonds. The van der Waals surface area contributed by atoms with Crippen LogP contribution in [-0.4, -0.2) is 17.8 Å². The highest BCUT2D eigenvalue weighted by Crippen LogP contribution is 2.32. The quantitative estimate of drug-likeness (QED) is 0.205. The van der Waals surface area contributed by atoms with Gasteiger partial charge in [-0.3, -0.25) is 9.59 Å². The van der Waals surface area contributed by atoms with Gasteiger partial charge in [0.1, 0.15) is 16.5 Å². The molecule has 0 spiro atoms. The molecule has 0 aliphatic carbocycles. The minimum Gasteiger partial charge on any atom is -0.422 e. The third-order valence-corrected chi connectivity index (χ3v) is 6.31. The predicted molar refractivity (Wildman–Crippen MR) is 140 cm³/mol. The smallest absolute Gasteiger partial charge is 0.343 e.